The van der Waals surface area contributed by atoms with Crippen LogP contribution in [0, 0.1) is 0 Å². The summed E-state index contributed by atoms with van der Waals surface area (Å²) in [4.78, 5) is 2.58. The first-order valence-corrected chi connectivity index (χ1v) is 7.05. The van der Waals surface area contributed by atoms with Gasteiger partial charge in [-0.1, -0.05) is 13.8 Å². The SMILES string of the molecule is CCSCCN(CC)CC1CCCN1. The summed E-state index contributed by atoms with van der Waals surface area (Å²) in [5.74, 6) is 2.54. The second-order valence-corrected chi connectivity index (χ2v) is 5.28. The highest BCUT2D eigenvalue weighted by Crippen LogP contribution is 2.07. The summed E-state index contributed by atoms with van der Waals surface area (Å²) in [6.45, 7) is 9.44. The summed E-state index contributed by atoms with van der Waals surface area (Å²) in [5, 5.41) is 3.56. The first kappa shape index (κ1) is 12.3. The molecule has 1 N–H and O–H groups in total. The summed E-state index contributed by atoms with van der Waals surface area (Å²) in [6.07, 6.45) is 2.74. The van der Waals surface area contributed by atoms with Crippen molar-refractivity contribution in [3.63, 3.8) is 0 Å². The third kappa shape index (κ3) is 4.67. The van der Waals surface area contributed by atoms with Crippen LogP contribution in [0.1, 0.15) is 26.7 Å². The van der Waals surface area contributed by atoms with Gasteiger partial charge in [0.1, 0.15) is 0 Å². The van der Waals surface area contributed by atoms with Crippen LogP contribution in [-0.4, -0.2) is 48.6 Å². The van der Waals surface area contributed by atoms with Crippen molar-refractivity contribution in [2.24, 2.45) is 0 Å². The largest absolute Gasteiger partial charge is 0.313 e. The Hall–Kier alpha value is 0.270. The molecule has 0 bridgehead atoms. The highest BCUT2D eigenvalue weighted by atomic mass is 32.2. The Morgan fingerprint density at radius 2 is 2.29 bits per heavy atom. The first-order chi connectivity index (χ1) is 6.86. The molecule has 0 radical (unpaired) electrons. The first-order valence-electron chi connectivity index (χ1n) is 5.90. The quantitative estimate of drug-likeness (QED) is 0.654. The molecule has 1 unspecified atom stereocenters. The number of likely N-dealkylation sites (N-methyl/N-ethyl adjacent to an activating group) is 1. The van der Waals surface area contributed by atoms with Crippen molar-refractivity contribution in [2.45, 2.75) is 32.7 Å². The van der Waals surface area contributed by atoms with Gasteiger partial charge in [0.15, 0.2) is 0 Å². The van der Waals surface area contributed by atoms with E-state index in [0.29, 0.717) is 0 Å². The number of rotatable bonds is 7. The Morgan fingerprint density at radius 1 is 1.43 bits per heavy atom. The van der Waals surface area contributed by atoms with Crippen LogP contribution in [0.15, 0.2) is 0 Å². The second-order valence-electron chi connectivity index (χ2n) is 3.88. The van der Waals surface area contributed by atoms with Gasteiger partial charge in [-0.2, -0.15) is 11.8 Å². The van der Waals surface area contributed by atoms with Gasteiger partial charge in [0, 0.05) is 24.9 Å². The van der Waals surface area contributed by atoms with Gasteiger partial charge in [-0.25, -0.2) is 0 Å². The zero-order chi connectivity index (χ0) is 10.2. The predicted molar refractivity (Wildman–Crippen MR) is 66.1 cm³/mol. The van der Waals surface area contributed by atoms with Crippen molar-refractivity contribution >= 4 is 11.8 Å². The van der Waals surface area contributed by atoms with E-state index >= 15 is 0 Å². The lowest BCUT2D eigenvalue weighted by molar-refractivity contribution is 0.276. The van der Waals surface area contributed by atoms with Crippen LogP contribution in [0.5, 0.6) is 0 Å². The minimum atomic E-state index is 0.765. The maximum Gasteiger partial charge on any atom is 0.0195 e. The fourth-order valence-electron chi connectivity index (χ4n) is 1.94. The summed E-state index contributed by atoms with van der Waals surface area (Å²) < 4.78 is 0. The molecule has 1 heterocycles. The fraction of sp³-hybridized carbons (Fsp3) is 1.00. The molecule has 3 heteroatoms. The molecule has 0 aliphatic carbocycles. The Morgan fingerprint density at radius 3 is 2.86 bits per heavy atom. The molecule has 14 heavy (non-hydrogen) atoms. The maximum absolute atomic E-state index is 3.56. The van der Waals surface area contributed by atoms with E-state index in [9.17, 15) is 0 Å². The monoisotopic (exact) mass is 216 g/mol. The zero-order valence-corrected chi connectivity index (χ0v) is 10.4. The maximum atomic E-state index is 3.56. The minimum Gasteiger partial charge on any atom is -0.313 e. The van der Waals surface area contributed by atoms with E-state index in [1.807, 2.05) is 11.8 Å². The van der Waals surface area contributed by atoms with Crippen LogP contribution in [-0.2, 0) is 0 Å². The number of thioether (sulfide) groups is 1. The molecule has 1 rings (SSSR count). The van der Waals surface area contributed by atoms with E-state index < -0.39 is 0 Å². The minimum absolute atomic E-state index is 0.765. The topological polar surface area (TPSA) is 15.3 Å². The Kier molecular flexibility index (Phi) is 6.65. The molecule has 0 aromatic carbocycles. The molecule has 1 aliphatic heterocycles. The highest BCUT2D eigenvalue weighted by Gasteiger charge is 2.16. The van der Waals surface area contributed by atoms with Gasteiger partial charge in [-0.15, -0.1) is 0 Å². The lowest BCUT2D eigenvalue weighted by Crippen LogP contribution is -2.38. The van der Waals surface area contributed by atoms with Crippen molar-refractivity contribution in [1.29, 1.82) is 0 Å². The van der Waals surface area contributed by atoms with Gasteiger partial charge in [0.25, 0.3) is 0 Å². The van der Waals surface area contributed by atoms with Gasteiger partial charge in [0.2, 0.25) is 0 Å². The number of nitrogens with zero attached hydrogens (tertiary/aromatic N) is 1. The highest BCUT2D eigenvalue weighted by molar-refractivity contribution is 7.99. The van der Waals surface area contributed by atoms with E-state index in [2.05, 4.69) is 24.1 Å². The zero-order valence-electron chi connectivity index (χ0n) is 9.59. The average Bonchev–Trinajstić information content (AvgIpc) is 2.69. The van der Waals surface area contributed by atoms with E-state index in [4.69, 9.17) is 0 Å². The molecule has 0 saturated carbocycles. The molecule has 2 nitrogen and oxygen atoms in total. The Balaban J connectivity index is 2.10. The third-order valence-electron chi connectivity index (χ3n) is 2.84. The van der Waals surface area contributed by atoms with Crippen molar-refractivity contribution in [3.8, 4) is 0 Å². The fourth-order valence-corrected chi connectivity index (χ4v) is 2.62. The molecule has 84 valence electrons. The standard InChI is InChI=1S/C11H24N2S/c1-3-13(8-9-14-4-2)10-11-6-5-7-12-11/h11-12H,3-10H2,1-2H3. The molecule has 0 spiro atoms. The van der Waals surface area contributed by atoms with Gasteiger partial charge in [0.05, 0.1) is 0 Å². The smallest absolute Gasteiger partial charge is 0.0195 e. The van der Waals surface area contributed by atoms with Crippen LogP contribution in [0.4, 0.5) is 0 Å². The van der Waals surface area contributed by atoms with Gasteiger partial charge in [-0.3, -0.25) is 0 Å². The third-order valence-corrected chi connectivity index (χ3v) is 3.72. The average molecular weight is 216 g/mol. The molecule has 0 aromatic heterocycles. The predicted octanol–water partition coefficient (Wildman–Crippen LogP) is 1.81. The van der Waals surface area contributed by atoms with Crippen LogP contribution in [0.3, 0.4) is 0 Å². The summed E-state index contributed by atoms with van der Waals surface area (Å²) >= 11 is 2.05. The molecule has 0 amide bonds. The van der Waals surface area contributed by atoms with E-state index in [-0.39, 0.29) is 0 Å². The van der Waals surface area contributed by atoms with E-state index in [1.165, 1.54) is 50.5 Å². The lowest BCUT2D eigenvalue weighted by Gasteiger charge is -2.23. The Bertz CT molecular complexity index is 135. The summed E-state index contributed by atoms with van der Waals surface area (Å²) in [5.41, 5.74) is 0. The van der Waals surface area contributed by atoms with Crippen LogP contribution in [0.25, 0.3) is 0 Å². The normalized spacial score (nSPS) is 22.1. The summed E-state index contributed by atoms with van der Waals surface area (Å²) in [6, 6.07) is 0.765. The number of hydrogen-bond donors (Lipinski definition) is 1. The molecule has 1 fully saturated rings. The second kappa shape index (κ2) is 7.55. The molecule has 1 atom stereocenters. The van der Waals surface area contributed by atoms with Gasteiger partial charge >= 0.3 is 0 Å². The Labute approximate surface area is 92.8 Å². The molecule has 1 saturated heterocycles. The van der Waals surface area contributed by atoms with Crippen LogP contribution >= 0.6 is 11.8 Å². The van der Waals surface area contributed by atoms with Gasteiger partial charge < -0.3 is 10.2 Å². The lowest BCUT2D eigenvalue weighted by atomic mass is 10.2. The van der Waals surface area contributed by atoms with Crippen LogP contribution in [0.2, 0.25) is 0 Å². The van der Waals surface area contributed by atoms with Crippen LogP contribution < -0.4 is 5.32 Å². The van der Waals surface area contributed by atoms with Crippen molar-refractivity contribution in [2.75, 3.05) is 37.7 Å². The van der Waals surface area contributed by atoms with Crippen molar-refractivity contribution < 1.29 is 0 Å². The van der Waals surface area contributed by atoms with Gasteiger partial charge in [-0.05, 0) is 31.7 Å². The number of hydrogen-bond acceptors (Lipinski definition) is 3. The molecule has 1 aliphatic rings. The summed E-state index contributed by atoms with van der Waals surface area (Å²) in [7, 11) is 0. The van der Waals surface area contributed by atoms with E-state index in [1.54, 1.807) is 0 Å². The molecular weight excluding hydrogens is 192 g/mol. The molecular formula is C11H24N2S. The van der Waals surface area contributed by atoms with Crippen molar-refractivity contribution in [3.05, 3.63) is 0 Å². The van der Waals surface area contributed by atoms with E-state index in [0.717, 1.165) is 6.04 Å². The number of nitrogens with one attached hydrogen (secondary N) is 1. The molecule has 0 aromatic rings. The van der Waals surface area contributed by atoms with Crippen molar-refractivity contribution in [1.82, 2.24) is 10.2 Å².